The lowest BCUT2D eigenvalue weighted by molar-refractivity contribution is -0.137. The van der Waals surface area contributed by atoms with Crippen molar-refractivity contribution in [1.82, 2.24) is 14.8 Å². The summed E-state index contributed by atoms with van der Waals surface area (Å²) in [4.78, 5) is 20.1. The molecule has 6 nitrogen and oxygen atoms in total. The number of morpholine rings is 1. The summed E-state index contributed by atoms with van der Waals surface area (Å²) in [6, 6.07) is 4.60. The molecule has 0 spiro atoms. The van der Waals surface area contributed by atoms with Gasteiger partial charge in [0, 0.05) is 51.0 Å². The smallest absolute Gasteiger partial charge is 0.303 e. The van der Waals surface area contributed by atoms with Crippen LogP contribution in [-0.2, 0) is 16.1 Å². The van der Waals surface area contributed by atoms with E-state index < -0.39 is 5.97 Å². The Morgan fingerprint density at radius 3 is 2.71 bits per heavy atom. The predicted octanol–water partition coefficient (Wildman–Crippen LogP) is 1.47. The molecule has 2 fully saturated rings. The van der Waals surface area contributed by atoms with Crippen molar-refractivity contribution < 1.29 is 14.6 Å². The lowest BCUT2D eigenvalue weighted by atomic mass is 9.86. The van der Waals surface area contributed by atoms with Crippen molar-refractivity contribution in [3.8, 4) is 0 Å². The van der Waals surface area contributed by atoms with E-state index in [-0.39, 0.29) is 6.42 Å². The third-order valence-corrected chi connectivity index (χ3v) is 5.18. The fourth-order valence-electron chi connectivity index (χ4n) is 3.97. The van der Waals surface area contributed by atoms with E-state index in [1.54, 1.807) is 0 Å². The number of aliphatic carboxylic acids is 1. The van der Waals surface area contributed by atoms with Gasteiger partial charge in [0.15, 0.2) is 0 Å². The van der Waals surface area contributed by atoms with Crippen LogP contribution < -0.4 is 0 Å². The number of carbonyl (C=O) groups is 1. The maximum Gasteiger partial charge on any atom is 0.303 e. The molecule has 0 bridgehead atoms. The minimum Gasteiger partial charge on any atom is -0.481 e. The second-order valence-electron chi connectivity index (χ2n) is 6.79. The van der Waals surface area contributed by atoms with Gasteiger partial charge in [0.1, 0.15) is 0 Å². The van der Waals surface area contributed by atoms with Crippen LogP contribution >= 0.6 is 0 Å². The van der Waals surface area contributed by atoms with Gasteiger partial charge in [-0.05, 0) is 43.0 Å². The number of ether oxygens (including phenoxy) is 1. The molecular weight excluding hydrogens is 306 g/mol. The Labute approximate surface area is 143 Å². The molecule has 0 saturated carbocycles. The maximum absolute atomic E-state index is 11.0. The Bertz CT molecular complexity index is 520. The van der Waals surface area contributed by atoms with Crippen molar-refractivity contribution in [2.75, 3.05) is 39.4 Å². The quantitative estimate of drug-likeness (QED) is 0.850. The van der Waals surface area contributed by atoms with E-state index >= 15 is 0 Å². The third-order valence-electron chi connectivity index (χ3n) is 5.18. The molecule has 1 N–H and O–H groups in total. The van der Waals surface area contributed by atoms with Crippen LogP contribution in [0.15, 0.2) is 24.5 Å². The summed E-state index contributed by atoms with van der Waals surface area (Å²) in [5.41, 5.74) is 1.27. The molecule has 1 aromatic heterocycles. The monoisotopic (exact) mass is 333 g/mol. The van der Waals surface area contributed by atoms with Crippen LogP contribution in [-0.4, -0.2) is 71.3 Å². The van der Waals surface area contributed by atoms with Crippen molar-refractivity contribution >= 4 is 5.97 Å². The van der Waals surface area contributed by atoms with Crippen molar-refractivity contribution in [1.29, 1.82) is 0 Å². The summed E-state index contributed by atoms with van der Waals surface area (Å²) in [6.07, 6.45) is 5.78. The number of nitrogens with zero attached hydrogens (tertiary/aromatic N) is 3. The first-order valence-corrected chi connectivity index (χ1v) is 8.87. The number of likely N-dealkylation sites (tertiary alicyclic amines) is 1. The van der Waals surface area contributed by atoms with E-state index in [0.717, 1.165) is 58.8 Å². The van der Waals surface area contributed by atoms with Crippen LogP contribution in [0, 0.1) is 5.92 Å². The van der Waals surface area contributed by atoms with Gasteiger partial charge in [-0.1, -0.05) is 0 Å². The SMILES string of the molecule is O=C(O)CC[C@H]1CN(Cc2ccncc2)CC[C@H]1N1CCOCC1. The predicted molar refractivity (Wildman–Crippen MR) is 90.7 cm³/mol. The van der Waals surface area contributed by atoms with E-state index in [4.69, 9.17) is 9.84 Å². The average molecular weight is 333 g/mol. The first-order chi connectivity index (χ1) is 11.7. The zero-order valence-electron chi connectivity index (χ0n) is 14.1. The van der Waals surface area contributed by atoms with E-state index in [1.165, 1.54) is 5.56 Å². The van der Waals surface area contributed by atoms with Crippen LogP contribution in [0.5, 0.6) is 0 Å². The molecular formula is C18H27N3O3. The van der Waals surface area contributed by atoms with Crippen LogP contribution in [0.4, 0.5) is 0 Å². The van der Waals surface area contributed by atoms with Crippen LogP contribution in [0.3, 0.4) is 0 Å². The van der Waals surface area contributed by atoms with Gasteiger partial charge in [-0.15, -0.1) is 0 Å². The summed E-state index contributed by atoms with van der Waals surface area (Å²) in [5.74, 6) is -0.281. The van der Waals surface area contributed by atoms with Gasteiger partial charge < -0.3 is 9.84 Å². The Balaban J connectivity index is 1.62. The summed E-state index contributed by atoms with van der Waals surface area (Å²) >= 11 is 0. The van der Waals surface area contributed by atoms with E-state index in [0.29, 0.717) is 12.0 Å². The van der Waals surface area contributed by atoms with E-state index in [9.17, 15) is 4.79 Å². The Hall–Kier alpha value is -1.50. The number of piperidine rings is 1. The summed E-state index contributed by atoms with van der Waals surface area (Å²) < 4.78 is 5.47. The van der Waals surface area contributed by atoms with Crippen molar-refractivity contribution in [3.05, 3.63) is 30.1 Å². The molecule has 0 amide bonds. The highest BCUT2D eigenvalue weighted by atomic mass is 16.5. The van der Waals surface area contributed by atoms with Crippen molar-refractivity contribution in [2.24, 2.45) is 5.92 Å². The van der Waals surface area contributed by atoms with E-state index in [2.05, 4.69) is 26.9 Å². The molecule has 0 aliphatic carbocycles. The highest BCUT2D eigenvalue weighted by molar-refractivity contribution is 5.66. The lowest BCUT2D eigenvalue weighted by Crippen LogP contribution is -2.53. The van der Waals surface area contributed by atoms with Crippen LogP contribution in [0.2, 0.25) is 0 Å². The molecule has 2 saturated heterocycles. The molecule has 2 atom stereocenters. The highest BCUT2D eigenvalue weighted by Crippen LogP contribution is 2.27. The molecule has 3 heterocycles. The number of carboxylic acid groups (broad SMARTS) is 1. The minimum absolute atomic E-state index is 0.259. The fourth-order valence-corrected chi connectivity index (χ4v) is 3.97. The molecule has 132 valence electrons. The first-order valence-electron chi connectivity index (χ1n) is 8.87. The number of hydrogen-bond donors (Lipinski definition) is 1. The van der Waals surface area contributed by atoms with Crippen molar-refractivity contribution in [2.45, 2.75) is 31.8 Å². The van der Waals surface area contributed by atoms with Gasteiger partial charge in [0.05, 0.1) is 13.2 Å². The molecule has 2 aliphatic rings. The van der Waals surface area contributed by atoms with E-state index in [1.807, 2.05) is 12.4 Å². The second-order valence-corrected chi connectivity index (χ2v) is 6.79. The van der Waals surface area contributed by atoms with Crippen LogP contribution in [0.1, 0.15) is 24.8 Å². The van der Waals surface area contributed by atoms with Gasteiger partial charge in [-0.3, -0.25) is 19.6 Å². The highest BCUT2D eigenvalue weighted by Gasteiger charge is 2.34. The van der Waals surface area contributed by atoms with Gasteiger partial charge in [-0.2, -0.15) is 0 Å². The summed E-state index contributed by atoms with van der Waals surface area (Å²) in [7, 11) is 0. The average Bonchev–Trinajstić information content (AvgIpc) is 2.62. The normalized spacial score (nSPS) is 26.3. The number of carboxylic acids is 1. The van der Waals surface area contributed by atoms with Gasteiger partial charge in [-0.25, -0.2) is 0 Å². The standard InChI is InChI=1S/C18H27N3O3/c22-18(23)2-1-16-14-20(13-15-3-6-19-7-4-15)8-5-17(16)21-9-11-24-12-10-21/h3-4,6-7,16-17H,1-2,5,8-14H2,(H,22,23)/t16-,17+/m0/s1. The summed E-state index contributed by atoms with van der Waals surface area (Å²) in [6.45, 7) is 6.48. The minimum atomic E-state index is -0.693. The van der Waals surface area contributed by atoms with Gasteiger partial charge in [0.25, 0.3) is 0 Å². The zero-order chi connectivity index (χ0) is 16.8. The lowest BCUT2D eigenvalue weighted by Gasteiger charge is -2.45. The maximum atomic E-state index is 11.0. The Morgan fingerprint density at radius 1 is 1.25 bits per heavy atom. The number of rotatable bonds is 6. The van der Waals surface area contributed by atoms with Crippen LogP contribution in [0.25, 0.3) is 0 Å². The fraction of sp³-hybridized carbons (Fsp3) is 0.667. The summed E-state index contributed by atoms with van der Waals surface area (Å²) in [5, 5.41) is 9.09. The number of pyridine rings is 1. The molecule has 6 heteroatoms. The molecule has 3 rings (SSSR count). The second kappa shape index (κ2) is 8.55. The zero-order valence-corrected chi connectivity index (χ0v) is 14.1. The molecule has 24 heavy (non-hydrogen) atoms. The van der Waals surface area contributed by atoms with Crippen molar-refractivity contribution in [3.63, 3.8) is 0 Å². The molecule has 1 aromatic rings. The topological polar surface area (TPSA) is 65.9 Å². The number of aromatic nitrogens is 1. The first kappa shape index (κ1) is 17.3. The molecule has 0 radical (unpaired) electrons. The number of hydrogen-bond acceptors (Lipinski definition) is 5. The molecule has 0 unspecified atom stereocenters. The Kier molecular flexibility index (Phi) is 6.18. The third kappa shape index (κ3) is 4.75. The molecule has 0 aromatic carbocycles. The largest absolute Gasteiger partial charge is 0.481 e. The van der Waals surface area contributed by atoms with Gasteiger partial charge in [0.2, 0.25) is 0 Å². The Morgan fingerprint density at radius 2 is 2.00 bits per heavy atom. The van der Waals surface area contributed by atoms with Gasteiger partial charge >= 0.3 is 5.97 Å². The molecule has 2 aliphatic heterocycles.